The number of hydrogen-bond acceptors (Lipinski definition) is 6. The van der Waals surface area contributed by atoms with Crippen LogP contribution in [0.4, 0.5) is 0 Å². The van der Waals surface area contributed by atoms with Crippen molar-refractivity contribution in [2.24, 2.45) is 11.6 Å². The Morgan fingerprint density at radius 2 is 1.48 bits per heavy atom. The fourth-order valence-corrected chi connectivity index (χ4v) is 1.91. The zero-order valence-electron chi connectivity index (χ0n) is 12.7. The summed E-state index contributed by atoms with van der Waals surface area (Å²) in [7, 11) is 1.63. The predicted molar refractivity (Wildman–Crippen MR) is 89.4 cm³/mol. The maximum atomic E-state index is 9.27. The van der Waals surface area contributed by atoms with Gasteiger partial charge in [-0.15, -0.1) is 0 Å². The van der Waals surface area contributed by atoms with Crippen molar-refractivity contribution in [2.75, 3.05) is 7.11 Å². The van der Waals surface area contributed by atoms with Crippen LogP contribution in [0.2, 0.25) is 0 Å². The number of aliphatic hydroxyl groups excluding tert-OH is 1. The second-order valence-corrected chi connectivity index (χ2v) is 4.69. The molecule has 6 heteroatoms. The first-order valence-electron chi connectivity index (χ1n) is 6.82. The van der Waals surface area contributed by atoms with Gasteiger partial charge in [-0.2, -0.15) is 0 Å². The van der Waals surface area contributed by atoms with E-state index in [4.69, 9.17) is 21.1 Å². The van der Waals surface area contributed by atoms with Crippen molar-refractivity contribution in [2.45, 2.75) is 0 Å². The van der Waals surface area contributed by atoms with Crippen molar-refractivity contribution in [1.82, 2.24) is 5.43 Å². The topological polar surface area (TPSA) is 103 Å². The first-order chi connectivity index (χ1) is 11.0. The number of benzene rings is 2. The Morgan fingerprint density at radius 3 is 1.87 bits per heavy atom. The summed E-state index contributed by atoms with van der Waals surface area (Å²) in [5.74, 6) is 6.34. The first kappa shape index (κ1) is 16.3. The molecular weight excluding hydrogens is 294 g/mol. The van der Waals surface area contributed by atoms with Gasteiger partial charge in [0.25, 0.3) is 0 Å². The van der Waals surface area contributed by atoms with Crippen LogP contribution in [0.15, 0.2) is 72.4 Å². The Labute approximate surface area is 134 Å². The molecule has 0 saturated carbocycles. The summed E-state index contributed by atoms with van der Waals surface area (Å²) in [6.45, 7) is 3.32. The van der Waals surface area contributed by atoms with Crippen molar-refractivity contribution in [3.63, 3.8) is 0 Å². The van der Waals surface area contributed by atoms with E-state index in [0.717, 1.165) is 16.9 Å². The molecule has 2 aromatic carbocycles. The molecule has 120 valence electrons. The summed E-state index contributed by atoms with van der Waals surface area (Å²) in [4.78, 5) is 0. The van der Waals surface area contributed by atoms with Crippen LogP contribution in [0.1, 0.15) is 0 Å². The lowest BCUT2D eigenvalue weighted by Crippen LogP contribution is -2.29. The van der Waals surface area contributed by atoms with Gasteiger partial charge in [0.05, 0.1) is 7.11 Å². The minimum atomic E-state index is -0.326. The second kappa shape index (κ2) is 7.24. The van der Waals surface area contributed by atoms with Crippen LogP contribution in [-0.4, -0.2) is 12.2 Å². The fourth-order valence-electron chi connectivity index (χ4n) is 1.91. The number of nitrogens with two attached hydrogens (primary N) is 2. The number of rotatable bonds is 6. The van der Waals surface area contributed by atoms with Gasteiger partial charge >= 0.3 is 0 Å². The van der Waals surface area contributed by atoms with Crippen molar-refractivity contribution in [3.8, 4) is 22.6 Å². The van der Waals surface area contributed by atoms with E-state index in [1.54, 1.807) is 19.2 Å². The smallest absolute Gasteiger partial charge is 0.234 e. The monoisotopic (exact) mass is 313 g/mol. The normalized spacial score (nSPS) is 11.4. The van der Waals surface area contributed by atoms with Gasteiger partial charge in [0, 0.05) is 0 Å². The number of nitrogens with one attached hydrogen (secondary N) is 1. The molecule has 23 heavy (non-hydrogen) atoms. The van der Waals surface area contributed by atoms with Gasteiger partial charge in [0.2, 0.25) is 5.88 Å². The van der Waals surface area contributed by atoms with Crippen LogP contribution in [-0.2, 0) is 0 Å². The third kappa shape index (κ3) is 3.96. The van der Waals surface area contributed by atoms with Gasteiger partial charge in [0.1, 0.15) is 23.0 Å². The zero-order valence-corrected chi connectivity index (χ0v) is 12.7. The average Bonchev–Trinajstić information content (AvgIpc) is 2.59. The molecule has 2 rings (SSSR count). The van der Waals surface area contributed by atoms with Crippen molar-refractivity contribution in [1.29, 1.82) is 0 Å². The molecule has 0 spiro atoms. The highest BCUT2D eigenvalue weighted by Gasteiger charge is 2.08. The Kier molecular flexibility index (Phi) is 5.11. The fraction of sp³-hybridized carbons (Fsp3) is 0.0588. The molecule has 6 nitrogen and oxygen atoms in total. The van der Waals surface area contributed by atoms with Gasteiger partial charge in [-0.3, -0.25) is 5.43 Å². The van der Waals surface area contributed by atoms with Gasteiger partial charge in [-0.1, -0.05) is 30.8 Å². The highest BCUT2D eigenvalue weighted by molar-refractivity contribution is 5.64. The second-order valence-electron chi connectivity index (χ2n) is 4.69. The summed E-state index contributed by atoms with van der Waals surface area (Å²) in [5.41, 5.74) is 9.91. The molecule has 0 aliphatic rings. The lowest BCUT2D eigenvalue weighted by Gasteiger charge is -2.12. The van der Waals surface area contributed by atoms with Crippen LogP contribution in [0.5, 0.6) is 11.5 Å². The molecule has 0 aromatic heterocycles. The van der Waals surface area contributed by atoms with Gasteiger partial charge in [-0.05, 0) is 35.4 Å². The minimum absolute atomic E-state index is 0.0229. The third-order valence-electron chi connectivity index (χ3n) is 3.18. The third-order valence-corrected chi connectivity index (χ3v) is 3.18. The van der Waals surface area contributed by atoms with Gasteiger partial charge in [0.15, 0.2) is 0 Å². The molecule has 0 saturated heterocycles. The highest BCUT2D eigenvalue weighted by atomic mass is 16.5. The van der Waals surface area contributed by atoms with Crippen LogP contribution in [0.3, 0.4) is 0 Å². The standard InChI is InChI=1S/C17H19N3O3/c1-11(21)16(18)17(20-19)23-15-9-5-13(6-10-15)12-3-7-14(22-2)8-4-12/h3-10,20-21H,1,18-19H2,2H3/b17-16+. The van der Waals surface area contributed by atoms with E-state index in [9.17, 15) is 5.11 Å². The molecule has 0 radical (unpaired) electrons. The molecule has 0 aliphatic heterocycles. The van der Waals surface area contributed by atoms with E-state index in [2.05, 4.69) is 12.0 Å². The lowest BCUT2D eigenvalue weighted by atomic mass is 10.1. The maximum Gasteiger partial charge on any atom is 0.234 e. The highest BCUT2D eigenvalue weighted by Crippen LogP contribution is 2.25. The Balaban J connectivity index is 2.18. The van der Waals surface area contributed by atoms with E-state index in [1.165, 1.54) is 0 Å². The largest absolute Gasteiger partial charge is 0.506 e. The Hall–Kier alpha value is -3.12. The molecule has 0 amide bonds. The lowest BCUT2D eigenvalue weighted by molar-refractivity contribution is 0.359. The van der Waals surface area contributed by atoms with Crippen LogP contribution in [0, 0.1) is 0 Å². The number of hydrogen-bond donors (Lipinski definition) is 4. The predicted octanol–water partition coefficient (Wildman–Crippen LogP) is 2.40. The number of hydrazine groups is 1. The van der Waals surface area contributed by atoms with E-state index >= 15 is 0 Å². The Morgan fingerprint density at radius 1 is 1.00 bits per heavy atom. The molecule has 0 unspecified atom stereocenters. The molecule has 2 aromatic rings. The summed E-state index contributed by atoms with van der Waals surface area (Å²) < 4.78 is 10.6. The first-order valence-corrected chi connectivity index (χ1v) is 6.82. The van der Waals surface area contributed by atoms with E-state index < -0.39 is 0 Å². The zero-order chi connectivity index (χ0) is 16.8. The number of ether oxygens (including phenoxy) is 2. The molecule has 0 aliphatic carbocycles. The van der Waals surface area contributed by atoms with Gasteiger partial charge in [-0.25, -0.2) is 5.84 Å². The number of methoxy groups -OCH3 is 1. The van der Waals surface area contributed by atoms with Crippen molar-refractivity contribution >= 4 is 0 Å². The maximum absolute atomic E-state index is 9.27. The SMILES string of the molecule is C=C(O)/C(N)=C(/NN)Oc1ccc(-c2ccc(OC)cc2)cc1. The summed E-state index contributed by atoms with van der Waals surface area (Å²) >= 11 is 0. The van der Waals surface area contributed by atoms with Crippen LogP contribution < -0.4 is 26.5 Å². The Bertz CT molecular complexity index is 707. The van der Waals surface area contributed by atoms with Crippen LogP contribution >= 0.6 is 0 Å². The molecular formula is C17H19N3O3. The van der Waals surface area contributed by atoms with Crippen molar-refractivity contribution < 1.29 is 14.6 Å². The summed E-state index contributed by atoms with van der Waals surface area (Å²) in [6, 6.07) is 15.1. The van der Waals surface area contributed by atoms with Gasteiger partial charge < -0.3 is 20.3 Å². The minimum Gasteiger partial charge on any atom is -0.506 e. The van der Waals surface area contributed by atoms with E-state index in [1.807, 2.05) is 36.4 Å². The van der Waals surface area contributed by atoms with E-state index in [0.29, 0.717) is 5.75 Å². The van der Waals surface area contributed by atoms with Crippen molar-refractivity contribution in [3.05, 3.63) is 72.4 Å². The molecule has 0 atom stereocenters. The average molecular weight is 313 g/mol. The number of aliphatic hydroxyl groups is 1. The van der Waals surface area contributed by atoms with Crippen LogP contribution in [0.25, 0.3) is 11.1 Å². The quantitative estimate of drug-likeness (QED) is 0.283. The molecule has 6 N–H and O–H groups in total. The summed E-state index contributed by atoms with van der Waals surface area (Å²) in [6.07, 6.45) is 0. The molecule has 0 bridgehead atoms. The van der Waals surface area contributed by atoms with E-state index in [-0.39, 0.29) is 17.3 Å². The molecule has 0 heterocycles. The summed E-state index contributed by atoms with van der Waals surface area (Å²) in [5, 5.41) is 9.27. The molecule has 0 fully saturated rings.